The van der Waals surface area contributed by atoms with Crippen LogP contribution in [0.4, 0.5) is 0 Å². The minimum absolute atomic E-state index is 0.478. The quantitative estimate of drug-likeness (QED) is 0.851. The van der Waals surface area contributed by atoms with Gasteiger partial charge in [-0.05, 0) is 45.7 Å². The van der Waals surface area contributed by atoms with E-state index < -0.39 is 0 Å². The molecular formula is C13H21NOS. The predicted octanol–water partition coefficient (Wildman–Crippen LogP) is 3.27. The number of rotatable bonds is 5. The Kier molecular flexibility index (Phi) is 4.00. The van der Waals surface area contributed by atoms with E-state index in [-0.39, 0.29) is 0 Å². The first-order valence-corrected chi connectivity index (χ1v) is 6.94. The molecule has 3 heteroatoms. The van der Waals surface area contributed by atoms with Crippen molar-refractivity contribution in [3.63, 3.8) is 0 Å². The zero-order chi connectivity index (χ0) is 11.5. The maximum atomic E-state index is 5.56. The van der Waals surface area contributed by atoms with Crippen molar-refractivity contribution in [2.75, 3.05) is 6.61 Å². The molecule has 0 amide bonds. The third-order valence-electron chi connectivity index (χ3n) is 3.17. The summed E-state index contributed by atoms with van der Waals surface area (Å²) in [6, 6.07) is 5.55. The maximum Gasteiger partial charge on any atom is 0.0604 e. The summed E-state index contributed by atoms with van der Waals surface area (Å²) in [5.41, 5.74) is 0. The number of hydrogen-bond acceptors (Lipinski definition) is 3. The van der Waals surface area contributed by atoms with Crippen LogP contribution >= 0.6 is 11.3 Å². The predicted molar refractivity (Wildman–Crippen MR) is 69.0 cm³/mol. The molecule has 1 aromatic rings. The average molecular weight is 239 g/mol. The zero-order valence-corrected chi connectivity index (χ0v) is 11.1. The molecule has 1 fully saturated rings. The van der Waals surface area contributed by atoms with Gasteiger partial charge in [0.1, 0.15) is 0 Å². The molecule has 16 heavy (non-hydrogen) atoms. The molecule has 90 valence electrons. The standard InChI is InChI=1S/C13H21NOS/c1-4-15-12-7-11(8-12)14-10(3)13-6-5-9(2)16-13/h5-6,10-12,14H,4,7-8H2,1-3H3. The summed E-state index contributed by atoms with van der Waals surface area (Å²) in [4.78, 5) is 2.84. The molecule has 0 aromatic carbocycles. The van der Waals surface area contributed by atoms with Crippen LogP contribution in [0.5, 0.6) is 0 Å². The first-order chi connectivity index (χ1) is 7.69. The zero-order valence-electron chi connectivity index (χ0n) is 10.3. The summed E-state index contributed by atoms with van der Waals surface area (Å²) in [6.45, 7) is 7.32. The third kappa shape index (κ3) is 2.84. The summed E-state index contributed by atoms with van der Waals surface area (Å²) >= 11 is 1.89. The Balaban J connectivity index is 1.75. The van der Waals surface area contributed by atoms with Gasteiger partial charge in [-0.1, -0.05) is 0 Å². The van der Waals surface area contributed by atoms with Crippen LogP contribution in [0.15, 0.2) is 12.1 Å². The molecule has 1 atom stereocenters. The molecule has 1 saturated carbocycles. The molecule has 0 bridgehead atoms. The maximum absolute atomic E-state index is 5.56. The Hall–Kier alpha value is -0.380. The Morgan fingerprint density at radius 3 is 2.81 bits per heavy atom. The van der Waals surface area contributed by atoms with E-state index in [4.69, 9.17) is 4.74 Å². The molecule has 1 unspecified atom stereocenters. The van der Waals surface area contributed by atoms with Gasteiger partial charge in [0.25, 0.3) is 0 Å². The fourth-order valence-electron chi connectivity index (χ4n) is 2.20. The van der Waals surface area contributed by atoms with Crippen LogP contribution in [0.1, 0.15) is 42.5 Å². The lowest BCUT2D eigenvalue weighted by Crippen LogP contribution is -2.46. The second-order valence-electron chi connectivity index (χ2n) is 4.58. The molecule has 2 nitrogen and oxygen atoms in total. The lowest BCUT2D eigenvalue weighted by atomic mass is 9.88. The summed E-state index contributed by atoms with van der Waals surface area (Å²) in [5.74, 6) is 0. The van der Waals surface area contributed by atoms with Gasteiger partial charge >= 0.3 is 0 Å². The summed E-state index contributed by atoms with van der Waals surface area (Å²) in [6.07, 6.45) is 2.84. The monoisotopic (exact) mass is 239 g/mol. The Labute approximate surface area is 102 Å². The molecule has 1 N–H and O–H groups in total. The Morgan fingerprint density at radius 1 is 1.50 bits per heavy atom. The number of nitrogens with one attached hydrogen (secondary N) is 1. The minimum atomic E-state index is 0.478. The van der Waals surface area contributed by atoms with Crippen LogP contribution in [-0.4, -0.2) is 18.8 Å². The number of hydrogen-bond donors (Lipinski definition) is 1. The van der Waals surface area contributed by atoms with Crippen LogP contribution in [0.2, 0.25) is 0 Å². The second-order valence-corrected chi connectivity index (χ2v) is 5.90. The van der Waals surface area contributed by atoms with Crippen LogP contribution in [0, 0.1) is 6.92 Å². The van der Waals surface area contributed by atoms with Crippen molar-refractivity contribution in [1.29, 1.82) is 0 Å². The number of ether oxygens (including phenoxy) is 1. The highest BCUT2D eigenvalue weighted by Gasteiger charge is 2.30. The molecule has 1 aliphatic rings. The van der Waals surface area contributed by atoms with Gasteiger partial charge in [0.15, 0.2) is 0 Å². The molecule has 1 aromatic heterocycles. The molecule has 0 spiro atoms. The molecule has 0 saturated heterocycles. The Bertz CT molecular complexity index is 330. The smallest absolute Gasteiger partial charge is 0.0604 e. The summed E-state index contributed by atoms with van der Waals surface area (Å²) in [5, 5.41) is 3.66. The fraction of sp³-hybridized carbons (Fsp3) is 0.692. The molecular weight excluding hydrogens is 218 g/mol. The van der Waals surface area contributed by atoms with Crippen molar-refractivity contribution in [1.82, 2.24) is 5.32 Å². The second kappa shape index (κ2) is 5.30. The van der Waals surface area contributed by atoms with Gasteiger partial charge in [0, 0.05) is 28.4 Å². The van der Waals surface area contributed by atoms with Crippen molar-refractivity contribution in [2.45, 2.75) is 51.8 Å². The van der Waals surface area contributed by atoms with E-state index in [1.165, 1.54) is 22.6 Å². The topological polar surface area (TPSA) is 21.3 Å². The highest BCUT2D eigenvalue weighted by Crippen LogP contribution is 2.28. The van der Waals surface area contributed by atoms with Crippen molar-refractivity contribution in [3.05, 3.63) is 21.9 Å². The molecule has 2 rings (SSSR count). The SMILES string of the molecule is CCOC1CC(NC(C)c2ccc(C)s2)C1. The molecule has 0 radical (unpaired) electrons. The molecule has 1 aliphatic carbocycles. The van der Waals surface area contributed by atoms with E-state index in [9.17, 15) is 0 Å². The number of thiophene rings is 1. The minimum Gasteiger partial charge on any atom is -0.378 e. The third-order valence-corrected chi connectivity index (χ3v) is 4.35. The van der Waals surface area contributed by atoms with E-state index >= 15 is 0 Å². The van der Waals surface area contributed by atoms with Crippen molar-refractivity contribution >= 4 is 11.3 Å². The molecule has 0 aliphatic heterocycles. The van der Waals surface area contributed by atoms with E-state index in [0.29, 0.717) is 18.2 Å². The summed E-state index contributed by atoms with van der Waals surface area (Å²) in [7, 11) is 0. The fourth-order valence-corrected chi connectivity index (χ4v) is 3.08. The summed E-state index contributed by atoms with van der Waals surface area (Å²) < 4.78 is 5.56. The first kappa shape index (κ1) is 12.1. The normalized spacial score (nSPS) is 26.4. The van der Waals surface area contributed by atoms with Crippen molar-refractivity contribution < 1.29 is 4.74 Å². The first-order valence-electron chi connectivity index (χ1n) is 6.13. The highest BCUT2D eigenvalue weighted by atomic mass is 32.1. The van der Waals surface area contributed by atoms with Crippen molar-refractivity contribution in [2.24, 2.45) is 0 Å². The van der Waals surface area contributed by atoms with Gasteiger partial charge in [-0.15, -0.1) is 11.3 Å². The van der Waals surface area contributed by atoms with E-state index in [0.717, 1.165) is 6.61 Å². The van der Waals surface area contributed by atoms with E-state index in [1.807, 2.05) is 11.3 Å². The Morgan fingerprint density at radius 2 is 2.25 bits per heavy atom. The van der Waals surface area contributed by atoms with Gasteiger partial charge in [0.2, 0.25) is 0 Å². The van der Waals surface area contributed by atoms with Crippen molar-refractivity contribution in [3.8, 4) is 0 Å². The van der Waals surface area contributed by atoms with Crippen LogP contribution in [0.3, 0.4) is 0 Å². The van der Waals surface area contributed by atoms with Gasteiger partial charge in [0.05, 0.1) is 6.10 Å². The van der Waals surface area contributed by atoms with E-state index in [2.05, 4.69) is 38.2 Å². The van der Waals surface area contributed by atoms with Gasteiger partial charge in [-0.25, -0.2) is 0 Å². The van der Waals surface area contributed by atoms with Gasteiger partial charge in [-0.3, -0.25) is 0 Å². The lowest BCUT2D eigenvalue weighted by Gasteiger charge is -2.37. The van der Waals surface area contributed by atoms with Crippen LogP contribution in [0.25, 0.3) is 0 Å². The van der Waals surface area contributed by atoms with Gasteiger partial charge < -0.3 is 10.1 Å². The van der Waals surface area contributed by atoms with Gasteiger partial charge in [-0.2, -0.15) is 0 Å². The molecule has 1 heterocycles. The number of aryl methyl sites for hydroxylation is 1. The van der Waals surface area contributed by atoms with E-state index in [1.54, 1.807) is 0 Å². The highest BCUT2D eigenvalue weighted by molar-refractivity contribution is 7.12. The average Bonchev–Trinajstić information content (AvgIpc) is 2.61. The van der Waals surface area contributed by atoms with Crippen LogP contribution < -0.4 is 5.32 Å². The lowest BCUT2D eigenvalue weighted by molar-refractivity contribution is -0.0119. The van der Waals surface area contributed by atoms with Crippen LogP contribution in [-0.2, 0) is 4.74 Å². The largest absolute Gasteiger partial charge is 0.378 e.